The minimum atomic E-state index is -0.958. The van der Waals surface area contributed by atoms with Crippen molar-refractivity contribution in [1.82, 2.24) is 14.8 Å². The van der Waals surface area contributed by atoms with E-state index in [2.05, 4.69) is 9.88 Å². The Balaban J connectivity index is 1.60. The lowest BCUT2D eigenvalue weighted by molar-refractivity contribution is 0.0325. The molecule has 1 amide bonds. The highest BCUT2D eigenvalue weighted by molar-refractivity contribution is 5.97. The van der Waals surface area contributed by atoms with Gasteiger partial charge >= 0.3 is 5.97 Å². The fourth-order valence-corrected chi connectivity index (χ4v) is 4.67. The Labute approximate surface area is 229 Å². The molecule has 39 heavy (non-hydrogen) atoms. The Morgan fingerprint density at radius 3 is 2.62 bits per heavy atom. The molecule has 0 radical (unpaired) electrons. The highest BCUT2D eigenvalue weighted by atomic mass is 16.5. The Hall–Kier alpha value is -4.01. The average Bonchev–Trinajstić information content (AvgIpc) is 2.94. The third kappa shape index (κ3) is 7.10. The normalized spacial score (nSPS) is 18.4. The van der Waals surface area contributed by atoms with Crippen LogP contribution in [0, 0.1) is 5.92 Å². The van der Waals surface area contributed by atoms with Crippen LogP contribution in [0.4, 0.5) is 0 Å². The van der Waals surface area contributed by atoms with Crippen molar-refractivity contribution in [3.05, 3.63) is 94.7 Å². The summed E-state index contributed by atoms with van der Waals surface area (Å²) in [4.78, 5) is 33.3. The van der Waals surface area contributed by atoms with Gasteiger partial charge < -0.3 is 19.8 Å². The largest absolute Gasteiger partial charge is 0.478 e. The summed E-state index contributed by atoms with van der Waals surface area (Å²) >= 11 is 0. The van der Waals surface area contributed by atoms with Gasteiger partial charge in [-0.2, -0.15) is 0 Å². The highest BCUT2D eigenvalue weighted by Crippen LogP contribution is 2.28. The van der Waals surface area contributed by atoms with Crippen LogP contribution in [0.25, 0.3) is 12.2 Å². The standard InChI is InChI=1S/C31H35N3O5/c1-21-17-34(22(2)20-35)30(36)27-15-24(13-12-23-8-5-4-6-9-23)16-32-29(27)39-28(21)19-33(3)18-25-10-7-11-26(14-25)31(37)38/h4-16,21-22,28,35H,17-20H2,1-3H3,(H,37,38)/b13-12+/t21-,22+,28-/m1/s1. The molecule has 4 rings (SSSR count). The van der Waals surface area contributed by atoms with Gasteiger partial charge in [0.2, 0.25) is 5.88 Å². The van der Waals surface area contributed by atoms with Crippen LogP contribution < -0.4 is 4.74 Å². The van der Waals surface area contributed by atoms with Gasteiger partial charge in [-0.3, -0.25) is 9.69 Å². The summed E-state index contributed by atoms with van der Waals surface area (Å²) in [6, 6.07) is 18.2. The molecular formula is C31H35N3O5. The number of hydrogen-bond acceptors (Lipinski definition) is 6. The number of carbonyl (C=O) groups excluding carboxylic acids is 1. The van der Waals surface area contributed by atoms with Crippen LogP contribution in [-0.4, -0.2) is 75.8 Å². The molecule has 0 unspecified atom stereocenters. The highest BCUT2D eigenvalue weighted by Gasteiger charge is 2.34. The first-order valence-electron chi connectivity index (χ1n) is 13.1. The number of hydrogen-bond donors (Lipinski definition) is 2. The van der Waals surface area contributed by atoms with Gasteiger partial charge in [0.15, 0.2) is 0 Å². The molecule has 0 aliphatic carbocycles. The topological polar surface area (TPSA) is 103 Å². The number of likely N-dealkylation sites (N-methyl/N-ethyl adjacent to an activating group) is 1. The number of aliphatic hydroxyl groups is 1. The zero-order valence-corrected chi connectivity index (χ0v) is 22.5. The monoisotopic (exact) mass is 529 g/mol. The van der Waals surface area contributed by atoms with Crippen LogP contribution in [0.5, 0.6) is 5.88 Å². The molecule has 1 aliphatic rings. The van der Waals surface area contributed by atoms with Crippen molar-refractivity contribution in [2.45, 2.75) is 32.5 Å². The van der Waals surface area contributed by atoms with Crippen LogP contribution in [0.2, 0.25) is 0 Å². The van der Waals surface area contributed by atoms with Crippen molar-refractivity contribution in [2.24, 2.45) is 5.92 Å². The van der Waals surface area contributed by atoms with E-state index < -0.39 is 5.97 Å². The summed E-state index contributed by atoms with van der Waals surface area (Å²) in [6.45, 7) is 5.18. The number of aromatic carboxylic acids is 1. The first-order valence-corrected chi connectivity index (χ1v) is 13.1. The SMILES string of the molecule is C[C@@H]1CN([C@@H](C)CO)C(=O)c2cc(/C=C/c3ccccc3)cnc2O[C@@H]1CN(C)Cc1cccc(C(=O)O)c1. The number of amides is 1. The summed E-state index contributed by atoms with van der Waals surface area (Å²) in [6.07, 6.45) is 5.27. The first-order chi connectivity index (χ1) is 18.7. The van der Waals surface area contributed by atoms with Crippen LogP contribution in [0.15, 0.2) is 66.9 Å². The fraction of sp³-hybridized carbons (Fsp3) is 0.323. The third-order valence-electron chi connectivity index (χ3n) is 6.93. The number of pyridine rings is 1. The van der Waals surface area contributed by atoms with E-state index in [1.807, 2.05) is 69.4 Å². The molecule has 2 aromatic carbocycles. The summed E-state index contributed by atoms with van der Waals surface area (Å²) in [5.41, 5.74) is 3.30. The molecule has 8 nitrogen and oxygen atoms in total. The summed E-state index contributed by atoms with van der Waals surface area (Å²) in [5, 5.41) is 19.2. The van der Waals surface area contributed by atoms with Crippen molar-refractivity contribution in [1.29, 1.82) is 0 Å². The number of rotatable bonds is 9. The lowest BCUT2D eigenvalue weighted by Crippen LogP contribution is -2.49. The predicted molar refractivity (Wildman–Crippen MR) is 151 cm³/mol. The maximum absolute atomic E-state index is 13.6. The van der Waals surface area contributed by atoms with Gasteiger partial charge in [0.05, 0.1) is 18.2 Å². The van der Waals surface area contributed by atoms with E-state index >= 15 is 0 Å². The maximum atomic E-state index is 13.6. The Morgan fingerprint density at radius 2 is 1.90 bits per heavy atom. The number of aromatic nitrogens is 1. The van der Waals surface area contributed by atoms with Gasteiger partial charge in [-0.25, -0.2) is 9.78 Å². The Morgan fingerprint density at radius 1 is 1.15 bits per heavy atom. The zero-order valence-electron chi connectivity index (χ0n) is 22.5. The van der Waals surface area contributed by atoms with Gasteiger partial charge in [-0.1, -0.05) is 61.5 Å². The molecular weight excluding hydrogens is 494 g/mol. The van der Waals surface area contributed by atoms with Gasteiger partial charge in [0.25, 0.3) is 5.91 Å². The molecule has 0 saturated heterocycles. The minimum Gasteiger partial charge on any atom is -0.478 e. The predicted octanol–water partition coefficient (Wildman–Crippen LogP) is 4.30. The Bertz CT molecular complexity index is 1330. The molecule has 0 fully saturated rings. The van der Waals surface area contributed by atoms with Crippen molar-refractivity contribution >= 4 is 24.0 Å². The molecule has 2 N–H and O–H groups in total. The lowest BCUT2D eigenvalue weighted by atomic mass is 9.99. The van der Waals surface area contributed by atoms with Gasteiger partial charge in [-0.15, -0.1) is 0 Å². The molecule has 8 heteroatoms. The van der Waals surface area contributed by atoms with E-state index in [1.165, 1.54) is 0 Å². The number of carbonyl (C=O) groups is 2. The smallest absolute Gasteiger partial charge is 0.335 e. The molecule has 0 saturated carbocycles. The molecule has 1 aliphatic heterocycles. The number of carboxylic acid groups (broad SMARTS) is 1. The molecule has 0 bridgehead atoms. The first kappa shape index (κ1) is 28.0. The second kappa shape index (κ2) is 12.7. The molecule has 3 aromatic rings. The van der Waals surface area contributed by atoms with E-state index in [4.69, 9.17) is 4.74 Å². The average molecular weight is 530 g/mol. The molecule has 1 aromatic heterocycles. The summed E-state index contributed by atoms with van der Waals surface area (Å²) in [7, 11) is 1.95. The van der Waals surface area contributed by atoms with Crippen molar-refractivity contribution < 1.29 is 24.5 Å². The van der Waals surface area contributed by atoms with Crippen LogP contribution in [0.1, 0.15) is 51.3 Å². The minimum absolute atomic E-state index is 0.0524. The molecule has 2 heterocycles. The van der Waals surface area contributed by atoms with Crippen molar-refractivity contribution in [3.8, 4) is 5.88 Å². The number of nitrogens with zero attached hydrogens (tertiary/aromatic N) is 3. The van der Waals surface area contributed by atoms with E-state index in [-0.39, 0.29) is 42.0 Å². The summed E-state index contributed by atoms with van der Waals surface area (Å²) < 4.78 is 6.39. The number of aliphatic hydroxyl groups excluding tert-OH is 1. The molecule has 0 spiro atoms. The van der Waals surface area contributed by atoms with Gasteiger partial charge in [0, 0.05) is 31.7 Å². The summed E-state index contributed by atoms with van der Waals surface area (Å²) in [5.74, 6) is -0.966. The molecule has 204 valence electrons. The number of carboxylic acids is 1. The fourth-order valence-electron chi connectivity index (χ4n) is 4.67. The van der Waals surface area contributed by atoms with E-state index in [0.717, 1.165) is 16.7 Å². The van der Waals surface area contributed by atoms with Gasteiger partial charge in [-0.05, 0) is 48.9 Å². The van der Waals surface area contributed by atoms with Crippen molar-refractivity contribution in [3.63, 3.8) is 0 Å². The van der Waals surface area contributed by atoms with E-state index in [1.54, 1.807) is 35.4 Å². The Kier molecular flexibility index (Phi) is 9.11. The van der Waals surface area contributed by atoms with Crippen LogP contribution in [-0.2, 0) is 6.54 Å². The van der Waals surface area contributed by atoms with Crippen molar-refractivity contribution in [2.75, 3.05) is 26.7 Å². The van der Waals surface area contributed by atoms with E-state index in [0.29, 0.717) is 25.2 Å². The lowest BCUT2D eigenvalue weighted by Gasteiger charge is -2.37. The third-order valence-corrected chi connectivity index (χ3v) is 6.93. The second-order valence-corrected chi connectivity index (χ2v) is 10.2. The molecule has 3 atom stereocenters. The number of benzene rings is 2. The second-order valence-electron chi connectivity index (χ2n) is 10.2. The number of ether oxygens (including phenoxy) is 1. The quantitative estimate of drug-likeness (QED) is 0.426. The van der Waals surface area contributed by atoms with Crippen LogP contribution >= 0.6 is 0 Å². The maximum Gasteiger partial charge on any atom is 0.335 e. The number of fused-ring (bicyclic) bond motifs is 1. The van der Waals surface area contributed by atoms with Gasteiger partial charge in [0.1, 0.15) is 11.7 Å². The zero-order chi connectivity index (χ0) is 27.9. The van der Waals surface area contributed by atoms with E-state index in [9.17, 15) is 19.8 Å². The van der Waals surface area contributed by atoms with Crippen LogP contribution in [0.3, 0.4) is 0 Å².